The summed E-state index contributed by atoms with van der Waals surface area (Å²) in [4.78, 5) is 52.6. The van der Waals surface area contributed by atoms with Gasteiger partial charge in [0.1, 0.15) is 17.8 Å². The molecule has 1 aromatic heterocycles. The molecule has 0 aromatic carbocycles. The molecule has 0 atom stereocenters. The van der Waals surface area contributed by atoms with Crippen LogP contribution >= 0.6 is 0 Å². The average molecular weight is 448 g/mol. The van der Waals surface area contributed by atoms with E-state index in [1.54, 1.807) is 13.0 Å². The lowest BCUT2D eigenvalue weighted by atomic mass is 9.65. The van der Waals surface area contributed by atoms with E-state index in [1.807, 2.05) is 0 Å². The van der Waals surface area contributed by atoms with Gasteiger partial charge in [0.05, 0.1) is 6.54 Å². The first-order valence-electron chi connectivity index (χ1n) is 11.1. The Morgan fingerprint density at radius 3 is 2.56 bits per heavy atom. The summed E-state index contributed by atoms with van der Waals surface area (Å²) in [6, 6.07) is 1.01. The molecule has 0 bridgehead atoms. The number of hydrogen-bond acceptors (Lipinski definition) is 6. The molecule has 1 spiro atoms. The minimum absolute atomic E-state index is 0.191. The topological polar surface area (TPSA) is 125 Å². The van der Waals surface area contributed by atoms with Crippen LogP contribution in [0.4, 0.5) is 10.6 Å². The highest BCUT2D eigenvalue weighted by Gasteiger charge is 2.53. The van der Waals surface area contributed by atoms with Crippen molar-refractivity contribution < 1.29 is 23.7 Å². The Bertz CT molecular complexity index is 900. The van der Waals surface area contributed by atoms with Gasteiger partial charge in [-0.2, -0.15) is 0 Å². The Labute approximate surface area is 188 Å². The summed E-state index contributed by atoms with van der Waals surface area (Å²) >= 11 is 0. The SMILES string of the molecule is CCC(C)(C)C1CCC2(CC1)NC(=O)N(CC(=O)N(C)CC(=O)Nc1cc(C)on1)C2=O. The fraction of sp³-hybridized carbons (Fsp3) is 0.682. The van der Waals surface area contributed by atoms with Gasteiger partial charge in [-0.05, 0) is 43.9 Å². The first kappa shape index (κ1) is 23.7. The van der Waals surface area contributed by atoms with Crippen LogP contribution in [0.2, 0.25) is 0 Å². The quantitative estimate of drug-likeness (QED) is 0.618. The van der Waals surface area contributed by atoms with Crippen LogP contribution in [0.3, 0.4) is 0 Å². The number of nitrogens with one attached hydrogen (secondary N) is 2. The number of rotatable bonds is 7. The average Bonchev–Trinajstić information content (AvgIpc) is 3.24. The standard InChI is InChI=1S/C22H33N5O5/c1-6-21(3,4)15-7-9-22(10-8-15)19(30)27(20(31)24-22)13-18(29)26(5)12-17(28)23-16-11-14(2)32-25-16/h11,15H,6-10,12-13H2,1-5H3,(H,24,31)(H,23,25,28). The minimum Gasteiger partial charge on any atom is -0.360 e. The normalized spacial score (nSPS) is 23.4. The molecule has 10 nitrogen and oxygen atoms in total. The van der Waals surface area contributed by atoms with E-state index in [0.717, 1.165) is 24.2 Å². The largest absolute Gasteiger partial charge is 0.360 e. The highest BCUT2D eigenvalue weighted by atomic mass is 16.5. The predicted molar refractivity (Wildman–Crippen MR) is 117 cm³/mol. The smallest absolute Gasteiger partial charge is 0.325 e. The fourth-order valence-electron chi connectivity index (χ4n) is 4.51. The molecular weight excluding hydrogens is 414 g/mol. The van der Waals surface area contributed by atoms with Gasteiger partial charge >= 0.3 is 6.03 Å². The number of carbonyl (C=O) groups excluding carboxylic acids is 4. The molecule has 1 saturated carbocycles. The molecule has 2 N–H and O–H groups in total. The summed E-state index contributed by atoms with van der Waals surface area (Å²) < 4.78 is 4.88. The second-order valence-corrected chi connectivity index (χ2v) is 9.64. The molecule has 2 heterocycles. The van der Waals surface area contributed by atoms with Crippen molar-refractivity contribution in [1.29, 1.82) is 0 Å². The van der Waals surface area contributed by atoms with Crippen molar-refractivity contribution in [3.63, 3.8) is 0 Å². The maximum atomic E-state index is 13.1. The first-order valence-corrected chi connectivity index (χ1v) is 11.1. The zero-order valence-corrected chi connectivity index (χ0v) is 19.5. The van der Waals surface area contributed by atoms with Gasteiger partial charge in [0.2, 0.25) is 11.8 Å². The third kappa shape index (κ3) is 4.78. The number of imide groups is 1. The van der Waals surface area contributed by atoms with E-state index in [-0.39, 0.29) is 23.7 Å². The summed E-state index contributed by atoms with van der Waals surface area (Å²) in [5.74, 6) is -0.00976. The number of nitrogens with zero attached hydrogens (tertiary/aromatic N) is 3. The number of hydrogen-bond donors (Lipinski definition) is 2. The summed E-state index contributed by atoms with van der Waals surface area (Å²) in [7, 11) is 1.45. The maximum Gasteiger partial charge on any atom is 0.325 e. The predicted octanol–water partition coefficient (Wildman–Crippen LogP) is 2.30. The van der Waals surface area contributed by atoms with Crippen molar-refractivity contribution in [2.45, 2.75) is 65.3 Å². The van der Waals surface area contributed by atoms with Crippen molar-refractivity contribution >= 4 is 29.6 Å². The van der Waals surface area contributed by atoms with Gasteiger partial charge in [0, 0.05) is 13.1 Å². The molecule has 10 heteroatoms. The molecule has 2 aliphatic rings. The second kappa shape index (κ2) is 8.91. The van der Waals surface area contributed by atoms with E-state index in [4.69, 9.17) is 4.52 Å². The Morgan fingerprint density at radius 2 is 2.00 bits per heavy atom. The summed E-state index contributed by atoms with van der Waals surface area (Å²) in [6.45, 7) is 7.71. The van der Waals surface area contributed by atoms with E-state index >= 15 is 0 Å². The van der Waals surface area contributed by atoms with Gasteiger partial charge in [0.25, 0.3) is 5.91 Å². The summed E-state index contributed by atoms with van der Waals surface area (Å²) in [6.07, 6.45) is 3.92. The van der Waals surface area contributed by atoms with Crippen LogP contribution in [0, 0.1) is 18.3 Å². The van der Waals surface area contributed by atoms with Crippen molar-refractivity contribution in [2.24, 2.45) is 11.3 Å². The van der Waals surface area contributed by atoms with E-state index in [2.05, 4.69) is 36.6 Å². The number of carbonyl (C=O) groups is 4. The van der Waals surface area contributed by atoms with Crippen LogP contribution in [0.1, 0.15) is 58.6 Å². The molecule has 176 valence electrons. The Hall–Kier alpha value is -2.91. The third-order valence-corrected chi connectivity index (χ3v) is 7.10. The third-order valence-electron chi connectivity index (χ3n) is 7.10. The van der Waals surface area contributed by atoms with E-state index in [0.29, 0.717) is 24.5 Å². The molecule has 3 rings (SSSR count). The van der Waals surface area contributed by atoms with Crippen molar-refractivity contribution in [1.82, 2.24) is 20.3 Å². The highest BCUT2D eigenvalue weighted by Crippen LogP contribution is 2.45. The minimum atomic E-state index is -0.918. The van der Waals surface area contributed by atoms with E-state index < -0.39 is 29.9 Å². The Balaban J connectivity index is 1.55. The molecule has 0 unspecified atom stereocenters. The molecule has 1 aliphatic carbocycles. The lowest BCUT2D eigenvalue weighted by Crippen LogP contribution is -2.51. The van der Waals surface area contributed by atoms with Gasteiger partial charge in [-0.25, -0.2) is 4.79 Å². The fourth-order valence-corrected chi connectivity index (χ4v) is 4.51. The zero-order valence-electron chi connectivity index (χ0n) is 19.5. The molecule has 32 heavy (non-hydrogen) atoms. The number of anilines is 1. The summed E-state index contributed by atoms with van der Waals surface area (Å²) in [5.41, 5.74) is -0.727. The van der Waals surface area contributed by atoms with Gasteiger partial charge < -0.3 is 20.1 Å². The first-order chi connectivity index (χ1) is 15.0. The van der Waals surface area contributed by atoms with Crippen LogP contribution < -0.4 is 10.6 Å². The highest BCUT2D eigenvalue weighted by molar-refractivity contribution is 6.09. The lowest BCUT2D eigenvalue weighted by Gasteiger charge is -2.42. The molecule has 1 aliphatic heterocycles. The molecule has 1 aromatic rings. The molecule has 2 fully saturated rings. The molecule has 5 amide bonds. The number of urea groups is 1. The van der Waals surface area contributed by atoms with Crippen LogP contribution in [0.15, 0.2) is 10.6 Å². The van der Waals surface area contributed by atoms with Gasteiger partial charge in [-0.3, -0.25) is 19.3 Å². The molecule has 0 radical (unpaired) electrons. The van der Waals surface area contributed by atoms with Gasteiger partial charge in [-0.1, -0.05) is 32.3 Å². The zero-order chi connectivity index (χ0) is 23.7. The van der Waals surface area contributed by atoms with Crippen LogP contribution in [-0.2, 0) is 14.4 Å². The maximum absolute atomic E-state index is 13.1. The number of likely N-dealkylation sites (N-methyl/N-ethyl adjacent to an activating group) is 1. The second-order valence-electron chi connectivity index (χ2n) is 9.64. The van der Waals surface area contributed by atoms with E-state index in [1.165, 1.54) is 11.9 Å². The lowest BCUT2D eigenvalue weighted by molar-refractivity contribution is -0.140. The van der Waals surface area contributed by atoms with Crippen LogP contribution in [0.5, 0.6) is 0 Å². The van der Waals surface area contributed by atoms with Crippen LogP contribution in [-0.4, -0.2) is 64.4 Å². The van der Waals surface area contributed by atoms with Crippen molar-refractivity contribution in [2.75, 3.05) is 25.5 Å². The monoisotopic (exact) mass is 447 g/mol. The Kier molecular flexibility index (Phi) is 6.61. The van der Waals surface area contributed by atoms with Crippen molar-refractivity contribution in [3.05, 3.63) is 11.8 Å². The number of aryl methyl sites for hydroxylation is 1. The molecular formula is C22H33N5O5. The molecule has 1 saturated heterocycles. The van der Waals surface area contributed by atoms with Gasteiger partial charge in [0.15, 0.2) is 5.82 Å². The van der Waals surface area contributed by atoms with Gasteiger partial charge in [-0.15, -0.1) is 0 Å². The number of amides is 5. The van der Waals surface area contributed by atoms with Crippen LogP contribution in [0.25, 0.3) is 0 Å². The summed E-state index contributed by atoms with van der Waals surface area (Å²) in [5, 5.41) is 9.05. The number of aromatic nitrogens is 1. The van der Waals surface area contributed by atoms with Crippen molar-refractivity contribution in [3.8, 4) is 0 Å². The van der Waals surface area contributed by atoms with E-state index in [9.17, 15) is 19.2 Å². The Morgan fingerprint density at radius 1 is 1.34 bits per heavy atom.